The van der Waals surface area contributed by atoms with E-state index in [0.29, 0.717) is 18.1 Å². The van der Waals surface area contributed by atoms with E-state index >= 15 is 0 Å². The minimum Gasteiger partial charge on any atom is -0.493 e. The van der Waals surface area contributed by atoms with E-state index in [1.807, 2.05) is 43.3 Å². The average molecular weight is 538 g/mol. The lowest BCUT2D eigenvalue weighted by molar-refractivity contribution is 0.0947. The van der Waals surface area contributed by atoms with Gasteiger partial charge in [-0.3, -0.25) is 9.69 Å². The molecule has 4 aromatic rings. The lowest BCUT2D eigenvalue weighted by Gasteiger charge is -2.29. The number of hydrogen-bond acceptors (Lipinski definition) is 7. The molecule has 5 rings (SSSR count). The Bertz CT molecular complexity index is 1500. The molecular formula is C32H35N5O3. The molecule has 3 aromatic carbocycles. The Morgan fingerprint density at radius 1 is 0.950 bits per heavy atom. The van der Waals surface area contributed by atoms with Crippen LogP contribution in [0.5, 0.6) is 11.5 Å². The van der Waals surface area contributed by atoms with Crippen molar-refractivity contribution in [2.75, 3.05) is 39.2 Å². The van der Waals surface area contributed by atoms with Gasteiger partial charge in [0.05, 0.1) is 19.9 Å². The van der Waals surface area contributed by atoms with Gasteiger partial charge in [0.1, 0.15) is 0 Å². The van der Waals surface area contributed by atoms with Crippen molar-refractivity contribution in [2.24, 2.45) is 0 Å². The molecular weight excluding hydrogens is 502 g/mol. The number of carbonyl (C=O) groups is 1. The molecule has 1 amide bonds. The van der Waals surface area contributed by atoms with Gasteiger partial charge in [0.15, 0.2) is 11.5 Å². The van der Waals surface area contributed by atoms with E-state index in [4.69, 9.17) is 9.47 Å². The number of carbonyl (C=O) groups excluding carboxylic acids is 1. The normalized spacial score (nSPS) is 12.9. The third kappa shape index (κ3) is 6.24. The van der Waals surface area contributed by atoms with Gasteiger partial charge in [-0.25, -0.2) is 9.97 Å². The Balaban J connectivity index is 1.19. The molecule has 8 heteroatoms. The molecule has 0 fully saturated rings. The molecule has 0 unspecified atom stereocenters. The molecule has 0 spiro atoms. The fraction of sp³-hybridized carbons (Fsp3) is 0.281. The van der Waals surface area contributed by atoms with Crippen LogP contribution in [-0.4, -0.2) is 54.6 Å². The molecule has 40 heavy (non-hydrogen) atoms. The Morgan fingerprint density at radius 3 is 2.45 bits per heavy atom. The van der Waals surface area contributed by atoms with Crippen molar-refractivity contribution < 1.29 is 14.3 Å². The molecule has 206 valence electrons. The van der Waals surface area contributed by atoms with E-state index < -0.39 is 0 Å². The molecule has 0 saturated carbocycles. The van der Waals surface area contributed by atoms with Crippen molar-refractivity contribution in [1.82, 2.24) is 20.2 Å². The van der Waals surface area contributed by atoms with Crippen LogP contribution in [0.15, 0.2) is 66.9 Å². The van der Waals surface area contributed by atoms with E-state index in [-0.39, 0.29) is 5.91 Å². The second kappa shape index (κ2) is 12.2. The van der Waals surface area contributed by atoms with Gasteiger partial charge in [0.2, 0.25) is 5.95 Å². The first-order chi connectivity index (χ1) is 19.4. The number of fused-ring (bicyclic) bond motifs is 1. The molecule has 0 radical (unpaired) electrons. The second-order valence-electron chi connectivity index (χ2n) is 10.0. The minimum atomic E-state index is -0.110. The molecule has 0 bridgehead atoms. The highest BCUT2D eigenvalue weighted by atomic mass is 16.5. The predicted octanol–water partition coefficient (Wildman–Crippen LogP) is 5.31. The maximum absolute atomic E-state index is 13.0. The number of ether oxygens (including phenoxy) is 2. The number of hydrogen-bond donors (Lipinski definition) is 2. The van der Waals surface area contributed by atoms with Crippen LogP contribution in [0.2, 0.25) is 0 Å². The summed E-state index contributed by atoms with van der Waals surface area (Å²) in [5, 5.41) is 6.37. The lowest BCUT2D eigenvalue weighted by atomic mass is 9.99. The van der Waals surface area contributed by atoms with Gasteiger partial charge < -0.3 is 20.1 Å². The lowest BCUT2D eigenvalue weighted by Crippen LogP contribution is -2.37. The van der Waals surface area contributed by atoms with Gasteiger partial charge in [-0.2, -0.15) is 0 Å². The van der Waals surface area contributed by atoms with Crippen LogP contribution in [-0.2, 0) is 13.0 Å². The minimum absolute atomic E-state index is 0.110. The monoisotopic (exact) mass is 537 g/mol. The first kappa shape index (κ1) is 27.1. The van der Waals surface area contributed by atoms with Gasteiger partial charge in [-0.05, 0) is 67.3 Å². The Hall–Kier alpha value is -4.43. The van der Waals surface area contributed by atoms with Crippen LogP contribution in [0.25, 0.3) is 11.3 Å². The number of aryl methyl sites for hydroxylation is 2. The Morgan fingerprint density at radius 2 is 1.70 bits per heavy atom. The third-order valence-electron chi connectivity index (χ3n) is 7.26. The summed E-state index contributed by atoms with van der Waals surface area (Å²) in [5.74, 6) is 1.88. The number of aromatic nitrogens is 2. The van der Waals surface area contributed by atoms with E-state index in [1.54, 1.807) is 20.4 Å². The number of anilines is 2. The van der Waals surface area contributed by atoms with Gasteiger partial charge in [-0.15, -0.1) is 0 Å². The van der Waals surface area contributed by atoms with E-state index in [2.05, 4.69) is 56.7 Å². The van der Waals surface area contributed by atoms with Crippen molar-refractivity contribution >= 4 is 17.5 Å². The largest absolute Gasteiger partial charge is 0.493 e. The number of benzene rings is 3. The maximum Gasteiger partial charge on any atom is 0.251 e. The second-order valence-corrected chi connectivity index (χ2v) is 10.0. The summed E-state index contributed by atoms with van der Waals surface area (Å²) in [5.41, 5.74) is 7.96. The summed E-state index contributed by atoms with van der Waals surface area (Å²) in [6.07, 6.45) is 2.67. The summed E-state index contributed by atoms with van der Waals surface area (Å²) in [6.45, 7) is 7.11. The summed E-state index contributed by atoms with van der Waals surface area (Å²) >= 11 is 0. The van der Waals surface area contributed by atoms with Crippen molar-refractivity contribution in [3.8, 4) is 22.8 Å². The van der Waals surface area contributed by atoms with E-state index in [9.17, 15) is 4.79 Å². The SMILES string of the molecule is COc1cc2c(cc1OC)CN(CCNC(=O)c1ccc(C)c(Nc3nccc(-c4ccc(C)cc4)n3)c1)CC2. The van der Waals surface area contributed by atoms with Gasteiger partial charge >= 0.3 is 0 Å². The van der Waals surface area contributed by atoms with Gasteiger partial charge in [-0.1, -0.05) is 35.9 Å². The first-order valence-corrected chi connectivity index (χ1v) is 13.5. The molecule has 1 aromatic heterocycles. The third-order valence-corrected chi connectivity index (χ3v) is 7.26. The zero-order valence-corrected chi connectivity index (χ0v) is 23.5. The Labute approximate surface area is 235 Å². The van der Waals surface area contributed by atoms with Crippen LogP contribution in [0, 0.1) is 13.8 Å². The van der Waals surface area contributed by atoms with Crippen molar-refractivity contribution in [3.05, 3.63) is 94.7 Å². The van der Waals surface area contributed by atoms with Crippen molar-refractivity contribution in [2.45, 2.75) is 26.8 Å². The summed E-state index contributed by atoms with van der Waals surface area (Å²) in [7, 11) is 3.31. The number of nitrogens with zero attached hydrogens (tertiary/aromatic N) is 3. The average Bonchev–Trinajstić information content (AvgIpc) is 2.98. The van der Waals surface area contributed by atoms with Crippen LogP contribution in [0.1, 0.15) is 32.6 Å². The molecule has 1 aliphatic rings. The standard InChI is InChI=1S/C32H35N5O3/c1-21-5-8-23(9-6-21)27-11-13-34-32(35-27)36-28-17-25(10-7-22(28)2)31(38)33-14-16-37-15-12-24-18-29(39-3)30(40-4)19-26(24)20-37/h5-11,13,17-19H,12,14-16,20H2,1-4H3,(H,33,38)(H,34,35,36). The number of methoxy groups -OCH3 is 2. The molecule has 2 N–H and O–H groups in total. The quantitative estimate of drug-likeness (QED) is 0.299. The number of rotatable bonds is 9. The molecule has 2 heterocycles. The summed E-state index contributed by atoms with van der Waals surface area (Å²) < 4.78 is 10.9. The molecule has 0 saturated heterocycles. The summed E-state index contributed by atoms with van der Waals surface area (Å²) in [4.78, 5) is 24.4. The van der Waals surface area contributed by atoms with Gasteiger partial charge in [0.25, 0.3) is 5.91 Å². The van der Waals surface area contributed by atoms with Gasteiger partial charge in [0, 0.05) is 49.2 Å². The predicted molar refractivity (Wildman–Crippen MR) is 158 cm³/mol. The number of nitrogens with one attached hydrogen (secondary N) is 2. The highest BCUT2D eigenvalue weighted by Crippen LogP contribution is 2.33. The topological polar surface area (TPSA) is 88.6 Å². The Kier molecular flexibility index (Phi) is 8.26. The van der Waals surface area contributed by atoms with Crippen molar-refractivity contribution in [3.63, 3.8) is 0 Å². The molecule has 0 atom stereocenters. The van der Waals surface area contributed by atoms with Crippen LogP contribution in [0.4, 0.5) is 11.6 Å². The summed E-state index contributed by atoms with van der Waals surface area (Å²) in [6, 6.07) is 19.9. The van der Waals surface area contributed by atoms with Crippen LogP contribution in [0.3, 0.4) is 0 Å². The first-order valence-electron chi connectivity index (χ1n) is 13.5. The van der Waals surface area contributed by atoms with E-state index in [1.165, 1.54) is 16.7 Å². The number of amides is 1. The smallest absolute Gasteiger partial charge is 0.251 e. The molecule has 1 aliphatic heterocycles. The van der Waals surface area contributed by atoms with Crippen LogP contribution < -0.4 is 20.1 Å². The maximum atomic E-state index is 13.0. The van der Waals surface area contributed by atoms with Crippen LogP contribution >= 0.6 is 0 Å². The fourth-order valence-electron chi connectivity index (χ4n) is 4.88. The fourth-order valence-corrected chi connectivity index (χ4v) is 4.88. The highest BCUT2D eigenvalue weighted by Gasteiger charge is 2.19. The zero-order valence-electron chi connectivity index (χ0n) is 23.5. The zero-order chi connectivity index (χ0) is 28.1. The van der Waals surface area contributed by atoms with E-state index in [0.717, 1.165) is 60.1 Å². The van der Waals surface area contributed by atoms with Crippen molar-refractivity contribution in [1.29, 1.82) is 0 Å². The molecule has 0 aliphatic carbocycles. The highest BCUT2D eigenvalue weighted by molar-refractivity contribution is 5.95. The molecule has 8 nitrogen and oxygen atoms in total.